The smallest absolute Gasteiger partial charge is 0.317 e. The van der Waals surface area contributed by atoms with E-state index in [1.807, 2.05) is 6.07 Å². The molecular weight excluding hydrogens is 284 g/mol. The lowest BCUT2D eigenvalue weighted by Gasteiger charge is -2.16. The average Bonchev–Trinajstić information content (AvgIpc) is 2.55. The van der Waals surface area contributed by atoms with Gasteiger partial charge in [-0.1, -0.05) is 30.3 Å². The second-order valence-corrected chi connectivity index (χ2v) is 4.51. The first-order valence-corrected chi connectivity index (χ1v) is 6.39. The maximum Gasteiger partial charge on any atom is 0.317 e. The molecular formula is C16H12N2O4. The van der Waals surface area contributed by atoms with Crippen molar-refractivity contribution in [1.82, 2.24) is 0 Å². The van der Waals surface area contributed by atoms with Gasteiger partial charge in [-0.15, -0.1) is 0 Å². The number of ether oxygens (including phenoxy) is 1. The van der Waals surface area contributed by atoms with Crippen LogP contribution in [-0.4, -0.2) is 18.0 Å². The molecule has 110 valence electrons. The van der Waals surface area contributed by atoms with Crippen molar-refractivity contribution in [2.45, 2.75) is 5.92 Å². The minimum absolute atomic E-state index is 0.0773. The highest BCUT2D eigenvalue weighted by Gasteiger charge is 2.27. The molecule has 6 nitrogen and oxygen atoms in total. The molecule has 0 heterocycles. The topological polar surface area (TPSA) is 93.2 Å². The second-order valence-electron chi connectivity index (χ2n) is 4.51. The number of benzene rings is 2. The fraction of sp³-hybridized carbons (Fsp3) is 0.125. The maximum absolute atomic E-state index is 12.1. The van der Waals surface area contributed by atoms with E-state index in [1.54, 1.807) is 30.3 Å². The second kappa shape index (κ2) is 6.50. The number of nitro groups is 1. The highest BCUT2D eigenvalue weighted by molar-refractivity contribution is 5.83. The van der Waals surface area contributed by atoms with Gasteiger partial charge in [0.15, 0.2) is 0 Å². The highest BCUT2D eigenvalue weighted by atomic mass is 16.6. The molecule has 0 saturated carbocycles. The number of non-ortho nitro benzene ring substituents is 1. The third-order valence-electron chi connectivity index (χ3n) is 3.25. The number of esters is 1. The van der Waals surface area contributed by atoms with Gasteiger partial charge in [-0.3, -0.25) is 14.9 Å². The SMILES string of the molecule is COC(=O)[C@H](c1ccccc1)c1ccc([N+](=O)[O-])cc1C#N. The van der Waals surface area contributed by atoms with Gasteiger partial charge in [-0.2, -0.15) is 5.26 Å². The number of carbonyl (C=O) groups is 1. The largest absolute Gasteiger partial charge is 0.468 e. The standard InChI is InChI=1S/C16H12N2O4/c1-22-16(19)15(11-5-3-2-4-6-11)14-8-7-13(18(20)21)9-12(14)10-17/h2-9,15H,1H3/t15-/m1/s1. The lowest BCUT2D eigenvalue weighted by Crippen LogP contribution is -2.17. The lowest BCUT2D eigenvalue weighted by atomic mass is 9.88. The first-order chi connectivity index (χ1) is 10.6. The summed E-state index contributed by atoms with van der Waals surface area (Å²) in [6, 6.07) is 14.6. The van der Waals surface area contributed by atoms with Gasteiger partial charge in [0.25, 0.3) is 5.69 Å². The minimum atomic E-state index is -0.804. The summed E-state index contributed by atoms with van der Waals surface area (Å²) >= 11 is 0. The van der Waals surface area contributed by atoms with Gasteiger partial charge in [0, 0.05) is 12.1 Å². The Morgan fingerprint density at radius 1 is 1.27 bits per heavy atom. The summed E-state index contributed by atoms with van der Waals surface area (Å²) in [4.78, 5) is 22.4. The lowest BCUT2D eigenvalue weighted by molar-refractivity contribution is -0.384. The molecule has 1 atom stereocenters. The van der Waals surface area contributed by atoms with Gasteiger partial charge in [0.05, 0.1) is 23.7 Å². The van der Waals surface area contributed by atoms with Crippen molar-refractivity contribution in [3.05, 3.63) is 75.3 Å². The van der Waals surface area contributed by atoms with Gasteiger partial charge >= 0.3 is 5.97 Å². The highest BCUT2D eigenvalue weighted by Crippen LogP contribution is 2.30. The van der Waals surface area contributed by atoms with E-state index in [0.29, 0.717) is 11.1 Å². The summed E-state index contributed by atoms with van der Waals surface area (Å²) in [6.07, 6.45) is 0. The summed E-state index contributed by atoms with van der Waals surface area (Å²) in [7, 11) is 1.26. The molecule has 22 heavy (non-hydrogen) atoms. The molecule has 0 amide bonds. The van der Waals surface area contributed by atoms with Gasteiger partial charge < -0.3 is 4.74 Å². The Kier molecular flexibility index (Phi) is 4.49. The molecule has 0 aliphatic rings. The molecule has 2 aromatic carbocycles. The summed E-state index contributed by atoms with van der Waals surface area (Å²) < 4.78 is 4.82. The van der Waals surface area contributed by atoms with Crippen LogP contribution in [-0.2, 0) is 9.53 Å². The molecule has 0 aliphatic carbocycles. The van der Waals surface area contributed by atoms with Crippen LogP contribution in [0.25, 0.3) is 0 Å². The average molecular weight is 296 g/mol. The van der Waals surface area contributed by atoms with E-state index in [1.165, 1.54) is 19.2 Å². The van der Waals surface area contributed by atoms with E-state index in [9.17, 15) is 20.2 Å². The molecule has 2 aromatic rings. The summed E-state index contributed by atoms with van der Waals surface area (Å²) in [5, 5.41) is 20.1. The van der Waals surface area contributed by atoms with Crippen molar-refractivity contribution in [1.29, 1.82) is 5.26 Å². The van der Waals surface area contributed by atoms with Crippen molar-refractivity contribution in [3.8, 4) is 6.07 Å². The summed E-state index contributed by atoms with van der Waals surface area (Å²) in [5.74, 6) is -1.33. The first-order valence-electron chi connectivity index (χ1n) is 6.39. The van der Waals surface area contributed by atoms with Crippen LogP contribution >= 0.6 is 0 Å². The zero-order valence-electron chi connectivity index (χ0n) is 11.7. The van der Waals surface area contributed by atoms with E-state index >= 15 is 0 Å². The van der Waals surface area contributed by atoms with E-state index in [0.717, 1.165) is 6.07 Å². The number of rotatable bonds is 4. The van der Waals surface area contributed by atoms with Gasteiger partial charge in [0.2, 0.25) is 0 Å². The van der Waals surface area contributed by atoms with Crippen LogP contribution in [0.15, 0.2) is 48.5 Å². The van der Waals surface area contributed by atoms with E-state index < -0.39 is 16.8 Å². The first kappa shape index (κ1) is 15.2. The predicted molar refractivity (Wildman–Crippen MR) is 78.1 cm³/mol. The molecule has 6 heteroatoms. The Balaban J connectivity index is 2.61. The van der Waals surface area contributed by atoms with Crippen molar-refractivity contribution < 1.29 is 14.5 Å². The number of nitriles is 1. The van der Waals surface area contributed by atoms with E-state index in [-0.39, 0.29) is 11.3 Å². The Labute approximate surface area is 126 Å². The van der Waals surface area contributed by atoms with Crippen LogP contribution in [0.2, 0.25) is 0 Å². The number of hydrogen-bond acceptors (Lipinski definition) is 5. The number of hydrogen-bond donors (Lipinski definition) is 0. The quantitative estimate of drug-likeness (QED) is 0.491. The Bertz CT molecular complexity index is 750. The summed E-state index contributed by atoms with van der Waals surface area (Å²) in [6.45, 7) is 0. The molecule has 0 unspecified atom stereocenters. The molecule has 2 rings (SSSR count). The molecule has 0 aliphatic heterocycles. The van der Waals surface area contributed by atoms with Crippen LogP contribution in [0.1, 0.15) is 22.6 Å². The molecule has 0 spiro atoms. The summed E-state index contributed by atoms with van der Waals surface area (Å²) in [5.41, 5.74) is 0.913. The molecule has 0 fully saturated rings. The Morgan fingerprint density at radius 2 is 1.95 bits per heavy atom. The number of nitro benzene ring substituents is 1. The number of nitrogens with zero attached hydrogens (tertiary/aromatic N) is 2. The molecule has 0 bridgehead atoms. The molecule has 0 saturated heterocycles. The fourth-order valence-electron chi connectivity index (χ4n) is 2.21. The number of methoxy groups -OCH3 is 1. The molecule has 0 radical (unpaired) electrons. The molecule has 0 N–H and O–H groups in total. The van der Waals surface area contributed by atoms with Crippen LogP contribution in [0, 0.1) is 21.4 Å². The van der Waals surface area contributed by atoms with E-state index in [4.69, 9.17) is 4.74 Å². The Hall–Kier alpha value is -3.20. The third-order valence-corrected chi connectivity index (χ3v) is 3.25. The zero-order chi connectivity index (χ0) is 16.1. The van der Waals surface area contributed by atoms with E-state index in [2.05, 4.69) is 0 Å². The van der Waals surface area contributed by atoms with Crippen molar-refractivity contribution >= 4 is 11.7 Å². The van der Waals surface area contributed by atoms with Crippen molar-refractivity contribution in [2.75, 3.05) is 7.11 Å². The van der Waals surface area contributed by atoms with Crippen LogP contribution in [0.4, 0.5) is 5.69 Å². The predicted octanol–water partition coefficient (Wildman–Crippen LogP) is 2.77. The number of carbonyl (C=O) groups excluding carboxylic acids is 1. The van der Waals surface area contributed by atoms with Crippen LogP contribution < -0.4 is 0 Å². The maximum atomic E-state index is 12.1. The normalized spacial score (nSPS) is 11.3. The Morgan fingerprint density at radius 3 is 2.50 bits per heavy atom. The van der Waals surface area contributed by atoms with Gasteiger partial charge in [0.1, 0.15) is 5.92 Å². The van der Waals surface area contributed by atoms with Crippen molar-refractivity contribution in [2.24, 2.45) is 0 Å². The van der Waals surface area contributed by atoms with Gasteiger partial charge in [-0.25, -0.2) is 0 Å². The van der Waals surface area contributed by atoms with Crippen molar-refractivity contribution in [3.63, 3.8) is 0 Å². The zero-order valence-corrected chi connectivity index (χ0v) is 11.7. The third kappa shape index (κ3) is 2.94. The fourth-order valence-corrected chi connectivity index (χ4v) is 2.21. The van der Waals surface area contributed by atoms with Crippen LogP contribution in [0.5, 0.6) is 0 Å². The van der Waals surface area contributed by atoms with Crippen LogP contribution in [0.3, 0.4) is 0 Å². The van der Waals surface area contributed by atoms with Gasteiger partial charge in [-0.05, 0) is 17.2 Å². The molecule has 0 aromatic heterocycles. The monoisotopic (exact) mass is 296 g/mol. The minimum Gasteiger partial charge on any atom is -0.468 e.